The molecule has 1 fully saturated rings. The molecule has 1 N–H and O–H groups in total. The topological polar surface area (TPSA) is 41.6 Å². The van der Waals surface area contributed by atoms with E-state index >= 15 is 0 Å². The minimum Gasteiger partial charge on any atom is -0.497 e. The molecule has 1 amide bonds. The van der Waals surface area contributed by atoms with Crippen LogP contribution in [0.5, 0.6) is 5.75 Å². The van der Waals surface area contributed by atoms with E-state index in [0.29, 0.717) is 10.8 Å². The first-order valence-corrected chi connectivity index (χ1v) is 7.98. The van der Waals surface area contributed by atoms with Crippen molar-refractivity contribution in [3.63, 3.8) is 0 Å². The molecular formula is C19H18N2O2S. The van der Waals surface area contributed by atoms with Gasteiger partial charge < -0.3 is 10.1 Å². The molecule has 0 aromatic heterocycles. The van der Waals surface area contributed by atoms with Crippen molar-refractivity contribution in [2.24, 2.45) is 0 Å². The number of anilines is 1. The van der Waals surface area contributed by atoms with Crippen LogP contribution in [0.4, 0.5) is 5.69 Å². The van der Waals surface area contributed by atoms with E-state index in [-0.39, 0.29) is 5.91 Å². The summed E-state index contributed by atoms with van der Waals surface area (Å²) >= 11 is 5.35. The first-order valence-electron chi connectivity index (χ1n) is 7.57. The molecule has 0 spiro atoms. The zero-order valence-corrected chi connectivity index (χ0v) is 14.6. The van der Waals surface area contributed by atoms with Crippen molar-refractivity contribution in [2.45, 2.75) is 13.8 Å². The summed E-state index contributed by atoms with van der Waals surface area (Å²) in [6.07, 6.45) is 1.79. The van der Waals surface area contributed by atoms with E-state index < -0.39 is 0 Å². The molecule has 0 aliphatic carbocycles. The first kappa shape index (κ1) is 16.2. The lowest BCUT2D eigenvalue weighted by atomic mass is 10.1. The highest BCUT2D eigenvalue weighted by Gasteiger charge is 2.32. The van der Waals surface area contributed by atoms with E-state index in [1.807, 2.05) is 50.2 Å². The van der Waals surface area contributed by atoms with Gasteiger partial charge in [0.25, 0.3) is 5.91 Å². The highest BCUT2D eigenvalue weighted by Crippen LogP contribution is 2.25. The van der Waals surface area contributed by atoms with Gasteiger partial charge in [0.2, 0.25) is 0 Å². The van der Waals surface area contributed by atoms with Gasteiger partial charge in [-0.3, -0.25) is 9.69 Å². The molecule has 0 bridgehead atoms. The lowest BCUT2D eigenvalue weighted by Gasteiger charge is -2.15. The molecule has 0 atom stereocenters. The number of carbonyl (C=O) groups excluding carboxylic acids is 1. The largest absolute Gasteiger partial charge is 0.497 e. The summed E-state index contributed by atoms with van der Waals surface area (Å²) in [5, 5.41) is 3.40. The fraction of sp³-hybridized carbons (Fsp3) is 0.158. The van der Waals surface area contributed by atoms with Gasteiger partial charge in [-0.2, -0.15) is 0 Å². The second kappa shape index (κ2) is 6.45. The summed E-state index contributed by atoms with van der Waals surface area (Å²) in [4.78, 5) is 14.3. The van der Waals surface area contributed by atoms with E-state index in [2.05, 4.69) is 11.4 Å². The quantitative estimate of drug-likeness (QED) is 0.686. The normalized spacial score (nSPS) is 15.8. The molecule has 0 saturated carbocycles. The van der Waals surface area contributed by atoms with Crippen molar-refractivity contribution in [3.05, 3.63) is 64.9 Å². The van der Waals surface area contributed by atoms with Crippen molar-refractivity contribution in [1.29, 1.82) is 0 Å². The van der Waals surface area contributed by atoms with E-state index in [0.717, 1.165) is 28.1 Å². The monoisotopic (exact) mass is 338 g/mol. The van der Waals surface area contributed by atoms with Gasteiger partial charge in [-0.1, -0.05) is 18.2 Å². The minimum absolute atomic E-state index is 0.152. The molecule has 4 nitrogen and oxygen atoms in total. The number of carbonyl (C=O) groups is 1. The first-order chi connectivity index (χ1) is 11.5. The molecule has 2 aromatic carbocycles. The van der Waals surface area contributed by atoms with Gasteiger partial charge in [0.1, 0.15) is 11.4 Å². The van der Waals surface area contributed by atoms with Crippen LogP contribution < -0.4 is 15.0 Å². The highest BCUT2D eigenvalue weighted by atomic mass is 32.1. The van der Waals surface area contributed by atoms with Crippen LogP contribution in [0.25, 0.3) is 6.08 Å². The Labute approximate surface area is 146 Å². The number of nitrogens with zero attached hydrogens (tertiary/aromatic N) is 1. The molecule has 0 unspecified atom stereocenters. The van der Waals surface area contributed by atoms with Crippen LogP contribution in [0, 0.1) is 13.8 Å². The van der Waals surface area contributed by atoms with E-state index in [1.54, 1.807) is 13.2 Å². The maximum atomic E-state index is 12.7. The molecule has 1 saturated heterocycles. The zero-order valence-electron chi connectivity index (χ0n) is 13.8. The predicted octanol–water partition coefficient (Wildman–Crippen LogP) is 3.57. The maximum Gasteiger partial charge on any atom is 0.281 e. The highest BCUT2D eigenvalue weighted by molar-refractivity contribution is 7.80. The van der Waals surface area contributed by atoms with Gasteiger partial charge in [0.15, 0.2) is 5.11 Å². The lowest BCUT2D eigenvalue weighted by molar-refractivity contribution is -0.113. The molecule has 1 aliphatic rings. The van der Waals surface area contributed by atoms with Gasteiger partial charge in [0.05, 0.1) is 12.8 Å². The fourth-order valence-corrected chi connectivity index (χ4v) is 3.01. The van der Waals surface area contributed by atoms with Crippen molar-refractivity contribution in [1.82, 2.24) is 5.32 Å². The van der Waals surface area contributed by atoms with Crippen LogP contribution in [0.1, 0.15) is 16.7 Å². The molecule has 24 heavy (non-hydrogen) atoms. The molecule has 5 heteroatoms. The molecule has 122 valence electrons. The van der Waals surface area contributed by atoms with Crippen LogP contribution in [-0.2, 0) is 4.79 Å². The zero-order chi connectivity index (χ0) is 17.3. The standard InChI is InChI=1S/C19H18N2O2S/c1-12-8-13(2)10-15(9-12)21-18(22)17(20-19(21)24)11-14-4-6-16(23-3)7-5-14/h4-11H,1-3H3,(H,20,24)/b17-11+. The summed E-state index contributed by atoms with van der Waals surface area (Å²) in [6, 6.07) is 13.5. The van der Waals surface area contributed by atoms with Crippen LogP contribution >= 0.6 is 12.2 Å². The number of hydrogen-bond donors (Lipinski definition) is 1. The Balaban J connectivity index is 1.91. The minimum atomic E-state index is -0.152. The third kappa shape index (κ3) is 3.16. The summed E-state index contributed by atoms with van der Waals surface area (Å²) in [7, 11) is 1.62. The predicted molar refractivity (Wildman–Crippen MR) is 100 cm³/mol. The molecular weight excluding hydrogens is 320 g/mol. The summed E-state index contributed by atoms with van der Waals surface area (Å²) in [6.45, 7) is 4.00. The molecule has 0 radical (unpaired) electrons. The van der Waals surface area contributed by atoms with E-state index in [9.17, 15) is 4.79 Å². The second-order valence-corrected chi connectivity index (χ2v) is 6.13. The summed E-state index contributed by atoms with van der Waals surface area (Å²) in [5.74, 6) is 0.621. The van der Waals surface area contributed by atoms with Crippen LogP contribution in [0.2, 0.25) is 0 Å². The summed E-state index contributed by atoms with van der Waals surface area (Å²) in [5.41, 5.74) is 4.33. The number of ether oxygens (including phenoxy) is 1. The number of methoxy groups -OCH3 is 1. The third-order valence-corrected chi connectivity index (χ3v) is 4.05. The summed E-state index contributed by atoms with van der Waals surface area (Å²) < 4.78 is 5.14. The van der Waals surface area contributed by atoms with Crippen molar-refractivity contribution in [2.75, 3.05) is 12.0 Å². The number of nitrogens with one attached hydrogen (secondary N) is 1. The van der Waals surface area contributed by atoms with E-state index in [1.165, 1.54) is 4.90 Å². The maximum absolute atomic E-state index is 12.7. The van der Waals surface area contributed by atoms with Crippen LogP contribution in [0.15, 0.2) is 48.2 Å². The van der Waals surface area contributed by atoms with Crippen LogP contribution in [0.3, 0.4) is 0 Å². The number of hydrogen-bond acceptors (Lipinski definition) is 3. The van der Waals surface area contributed by atoms with Crippen molar-refractivity contribution in [3.8, 4) is 5.75 Å². The van der Waals surface area contributed by atoms with Gasteiger partial charge in [-0.25, -0.2) is 0 Å². The number of rotatable bonds is 3. The number of aryl methyl sites for hydroxylation is 2. The Morgan fingerprint density at radius 1 is 1.08 bits per heavy atom. The second-order valence-electron chi connectivity index (χ2n) is 5.75. The number of benzene rings is 2. The molecule has 3 rings (SSSR count). The number of thiocarbonyl (C=S) groups is 1. The number of amides is 1. The average Bonchev–Trinajstić information content (AvgIpc) is 2.81. The van der Waals surface area contributed by atoms with Crippen molar-refractivity contribution < 1.29 is 9.53 Å². The smallest absolute Gasteiger partial charge is 0.281 e. The van der Waals surface area contributed by atoms with Crippen molar-refractivity contribution >= 4 is 35.0 Å². The van der Waals surface area contributed by atoms with Gasteiger partial charge >= 0.3 is 0 Å². The third-order valence-electron chi connectivity index (χ3n) is 3.77. The van der Waals surface area contributed by atoms with Gasteiger partial charge in [-0.15, -0.1) is 0 Å². The Morgan fingerprint density at radius 3 is 2.29 bits per heavy atom. The van der Waals surface area contributed by atoms with Gasteiger partial charge in [0, 0.05) is 0 Å². The average molecular weight is 338 g/mol. The molecule has 1 aliphatic heterocycles. The Morgan fingerprint density at radius 2 is 1.71 bits per heavy atom. The molecule has 1 heterocycles. The van der Waals surface area contributed by atoms with Gasteiger partial charge in [-0.05, 0) is 73.1 Å². The molecule has 2 aromatic rings. The SMILES string of the molecule is COc1ccc(/C=C2/NC(=S)N(c3cc(C)cc(C)c3)C2=O)cc1. The Hall–Kier alpha value is -2.66. The van der Waals surface area contributed by atoms with Crippen LogP contribution in [-0.4, -0.2) is 18.1 Å². The Kier molecular flexibility index (Phi) is 4.36. The lowest BCUT2D eigenvalue weighted by Crippen LogP contribution is -2.30. The fourth-order valence-electron chi connectivity index (χ4n) is 2.72. The Bertz CT molecular complexity index is 821. The van der Waals surface area contributed by atoms with E-state index in [4.69, 9.17) is 17.0 Å².